The predicted octanol–water partition coefficient (Wildman–Crippen LogP) is 0.785. The van der Waals surface area contributed by atoms with Crippen molar-refractivity contribution in [3.8, 4) is 0 Å². The van der Waals surface area contributed by atoms with Gasteiger partial charge in [-0.05, 0) is 13.8 Å². The smallest absolute Gasteiger partial charge is 0.259 e. The summed E-state index contributed by atoms with van der Waals surface area (Å²) in [6.45, 7) is 4.98. The Kier molecular flexibility index (Phi) is 3.90. The van der Waals surface area contributed by atoms with E-state index in [1.54, 1.807) is 25.2 Å². The summed E-state index contributed by atoms with van der Waals surface area (Å²) in [6, 6.07) is 0. The molecule has 1 aliphatic heterocycles. The third-order valence-corrected chi connectivity index (χ3v) is 3.25. The maximum atomic E-state index is 12.4. The number of carbonyl (C=O) groups excluding carboxylic acids is 2. The number of furan rings is 1. The molecule has 0 aliphatic carbocycles. The van der Waals surface area contributed by atoms with Crippen LogP contribution >= 0.6 is 0 Å². The van der Waals surface area contributed by atoms with Gasteiger partial charge < -0.3 is 19.0 Å². The van der Waals surface area contributed by atoms with Crippen LogP contribution in [0.25, 0.3) is 0 Å². The minimum atomic E-state index is -0.156. The molecule has 2 rings (SSSR count). The van der Waals surface area contributed by atoms with Crippen molar-refractivity contribution in [2.45, 2.75) is 13.8 Å². The number of carbonyl (C=O) groups is 2. The molecule has 0 radical (unpaired) electrons. The van der Waals surface area contributed by atoms with Crippen molar-refractivity contribution in [2.75, 3.05) is 33.5 Å². The van der Waals surface area contributed by atoms with Crippen LogP contribution in [0.3, 0.4) is 0 Å². The molecule has 0 aromatic carbocycles. The molecule has 0 N–H and O–H groups in total. The highest BCUT2D eigenvalue weighted by atomic mass is 16.5. The van der Waals surface area contributed by atoms with Gasteiger partial charge in [-0.1, -0.05) is 0 Å². The molecule has 0 unspecified atom stereocenters. The van der Waals surface area contributed by atoms with Gasteiger partial charge >= 0.3 is 0 Å². The Morgan fingerprint density at radius 1 is 1.47 bits per heavy atom. The van der Waals surface area contributed by atoms with Gasteiger partial charge in [-0.3, -0.25) is 9.59 Å². The van der Waals surface area contributed by atoms with Gasteiger partial charge in [0.15, 0.2) is 0 Å². The largest absolute Gasteiger partial charge is 0.469 e. The van der Waals surface area contributed by atoms with Gasteiger partial charge in [0.2, 0.25) is 5.91 Å². The number of rotatable bonds is 4. The van der Waals surface area contributed by atoms with Crippen LogP contribution in [0, 0.1) is 13.8 Å². The van der Waals surface area contributed by atoms with Crippen LogP contribution in [0.2, 0.25) is 0 Å². The quantitative estimate of drug-likeness (QED) is 0.808. The summed E-state index contributed by atoms with van der Waals surface area (Å²) in [5.74, 6) is 0.381. The molecular formula is C13H18N2O4. The number of nitrogens with zero attached hydrogens (tertiary/aromatic N) is 2. The number of aryl methyl sites for hydroxylation is 2. The van der Waals surface area contributed by atoms with E-state index in [4.69, 9.17) is 9.15 Å². The molecule has 19 heavy (non-hydrogen) atoms. The molecule has 1 aromatic rings. The first-order chi connectivity index (χ1) is 9.04. The van der Waals surface area contributed by atoms with E-state index in [1.165, 1.54) is 4.90 Å². The molecule has 1 aromatic heterocycles. The van der Waals surface area contributed by atoms with Crippen molar-refractivity contribution in [1.29, 1.82) is 0 Å². The zero-order valence-electron chi connectivity index (χ0n) is 11.4. The lowest BCUT2D eigenvalue weighted by atomic mass is 10.1. The first-order valence-corrected chi connectivity index (χ1v) is 6.15. The zero-order chi connectivity index (χ0) is 14.0. The lowest BCUT2D eigenvalue weighted by Gasteiger charge is -2.17. The van der Waals surface area contributed by atoms with Gasteiger partial charge in [-0.25, -0.2) is 0 Å². The number of hydrogen-bond donors (Lipinski definition) is 0. The molecule has 2 amide bonds. The Morgan fingerprint density at radius 3 is 2.79 bits per heavy atom. The van der Waals surface area contributed by atoms with Gasteiger partial charge in [0.25, 0.3) is 5.91 Å². The van der Waals surface area contributed by atoms with Crippen molar-refractivity contribution in [3.63, 3.8) is 0 Å². The Bertz CT molecular complexity index is 475. The lowest BCUT2D eigenvalue weighted by molar-refractivity contribution is -0.127. The van der Waals surface area contributed by atoms with Gasteiger partial charge in [-0.2, -0.15) is 0 Å². The van der Waals surface area contributed by atoms with Crippen molar-refractivity contribution in [2.24, 2.45) is 0 Å². The average Bonchev–Trinajstić information content (AvgIpc) is 2.90. The number of methoxy groups -OCH3 is 1. The van der Waals surface area contributed by atoms with Crippen molar-refractivity contribution < 1.29 is 18.7 Å². The normalized spacial score (nSPS) is 15.4. The fourth-order valence-corrected chi connectivity index (χ4v) is 2.18. The summed E-state index contributed by atoms with van der Waals surface area (Å²) < 4.78 is 10.2. The Hall–Kier alpha value is -1.82. The summed E-state index contributed by atoms with van der Waals surface area (Å²) in [5, 5.41) is 0. The maximum absolute atomic E-state index is 12.4. The monoisotopic (exact) mass is 266 g/mol. The first-order valence-electron chi connectivity index (χ1n) is 6.15. The van der Waals surface area contributed by atoms with E-state index < -0.39 is 0 Å². The fraction of sp³-hybridized carbons (Fsp3) is 0.538. The topological polar surface area (TPSA) is 63.0 Å². The second-order valence-corrected chi connectivity index (χ2v) is 4.64. The van der Waals surface area contributed by atoms with Gasteiger partial charge in [0, 0.05) is 19.2 Å². The summed E-state index contributed by atoms with van der Waals surface area (Å²) >= 11 is 0. The third kappa shape index (κ3) is 2.63. The molecule has 1 aliphatic rings. The average molecular weight is 266 g/mol. The molecule has 0 saturated carbocycles. The minimum absolute atomic E-state index is 0.0517. The third-order valence-electron chi connectivity index (χ3n) is 3.25. The van der Waals surface area contributed by atoms with E-state index in [-0.39, 0.29) is 18.4 Å². The van der Waals surface area contributed by atoms with Crippen LogP contribution in [0.15, 0.2) is 10.7 Å². The fourth-order valence-electron chi connectivity index (χ4n) is 2.18. The summed E-state index contributed by atoms with van der Waals surface area (Å²) in [7, 11) is 1.58. The number of ether oxygens (including phenoxy) is 1. The summed E-state index contributed by atoms with van der Waals surface area (Å²) in [6.07, 6.45) is 1.56. The highest BCUT2D eigenvalue weighted by Gasteiger charge is 2.32. The van der Waals surface area contributed by atoms with E-state index in [9.17, 15) is 9.59 Å². The van der Waals surface area contributed by atoms with E-state index in [1.807, 2.05) is 6.92 Å². The summed E-state index contributed by atoms with van der Waals surface area (Å²) in [5.41, 5.74) is 1.35. The summed E-state index contributed by atoms with van der Waals surface area (Å²) in [4.78, 5) is 27.3. The van der Waals surface area contributed by atoms with E-state index in [0.717, 1.165) is 5.56 Å². The van der Waals surface area contributed by atoms with Crippen LogP contribution in [0.5, 0.6) is 0 Å². The second kappa shape index (κ2) is 5.44. The van der Waals surface area contributed by atoms with Crippen LogP contribution < -0.4 is 0 Å². The zero-order valence-corrected chi connectivity index (χ0v) is 11.4. The van der Waals surface area contributed by atoms with E-state index in [2.05, 4.69) is 0 Å². The number of amides is 2. The van der Waals surface area contributed by atoms with Gasteiger partial charge in [0.1, 0.15) is 12.3 Å². The highest BCUT2D eigenvalue weighted by Crippen LogP contribution is 2.19. The van der Waals surface area contributed by atoms with Crippen LogP contribution in [0.1, 0.15) is 21.7 Å². The predicted molar refractivity (Wildman–Crippen MR) is 67.7 cm³/mol. The molecule has 1 saturated heterocycles. The van der Waals surface area contributed by atoms with Crippen molar-refractivity contribution in [1.82, 2.24) is 9.80 Å². The van der Waals surface area contributed by atoms with Crippen molar-refractivity contribution in [3.05, 3.63) is 23.2 Å². The Labute approximate surface area is 111 Å². The van der Waals surface area contributed by atoms with E-state index >= 15 is 0 Å². The molecule has 1 fully saturated rings. The SMILES string of the molecule is COCCN1CN(C(=O)c2c(C)coc2C)CC1=O. The minimum Gasteiger partial charge on any atom is -0.469 e. The number of hydrogen-bond acceptors (Lipinski definition) is 4. The Balaban J connectivity index is 2.08. The van der Waals surface area contributed by atoms with Crippen LogP contribution in [-0.2, 0) is 9.53 Å². The maximum Gasteiger partial charge on any atom is 0.259 e. The molecule has 6 nitrogen and oxygen atoms in total. The Morgan fingerprint density at radius 2 is 2.21 bits per heavy atom. The van der Waals surface area contributed by atoms with Gasteiger partial charge in [-0.15, -0.1) is 0 Å². The van der Waals surface area contributed by atoms with Crippen LogP contribution in [0.4, 0.5) is 0 Å². The molecular weight excluding hydrogens is 248 g/mol. The molecule has 6 heteroatoms. The first kappa shape index (κ1) is 13.6. The molecule has 0 spiro atoms. The van der Waals surface area contributed by atoms with E-state index in [0.29, 0.717) is 31.1 Å². The van der Waals surface area contributed by atoms with Gasteiger partial charge in [0.05, 0.1) is 25.1 Å². The molecule has 2 heterocycles. The molecule has 104 valence electrons. The second-order valence-electron chi connectivity index (χ2n) is 4.64. The molecule has 0 bridgehead atoms. The lowest BCUT2D eigenvalue weighted by Crippen LogP contribution is -2.33. The van der Waals surface area contributed by atoms with Crippen LogP contribution in [-0.4, -0.2) is 55.1 Å². The highest BCUT2D eigenvalue weighted by molar-refractivity contribution is 5.99. The molecule has 0 atom stereocenters. The standard InChI is InChI=1S/C13H18N2O4/c1-9-7-19-10(2)12(9)13(17)15-6-11(16)14(8-15)4-5-18-3/h7H,4-6,8H2,1-3H3. The van der Waals surface area contributed by atoms with Crippen molar-refractivity contribution >= 4 is 11.8 Å².